The lowest BCUT2D eigenvalue weighted by atomic mass is 10.1. The van der Waals surface area contributed by atoms with E-state index in [0.717, 1.165) is 24.0 Å². The number of hydrogen-bond acceptors (Lipinski definition) is 4. The van der Waals surface area contributed by atoms with Gasteiger partial charge in [-0.05, 0) is 31.9 Å². The van der Waals surface area contributed by atoms with E-state index in [-0.39, 0.29) is 5.91 Å². The molecule has 0 aliphatic rings. The Hall–Kier alpha value is -2.56. The third kappa shape index (κ3) is 3.97. The summed E-state index contributed by atoms with van der Waals surface area (Å²) in [5, 5.41) is 2.76. The minimum Gasteiger partial charge on any atom is -0.329 e. The number of carbonyl (C=O) groups excluding carboxylic acids is 1. The second kappa shape index (κ2) is 7.45. The maximum Gasteiger partial charge on any atom is 0.257 e. The average Bonchev–Trinajstić information content (AvgIpc) is 2.53. The fraction of sp³-hybridized carbons (Fsp3) is 0.294. The SMILES string of the molecule is CCC/C=C/NC(=O)c1cc(-c2ncc(C)cn2)cnc1C. The van der Waals surface area contributed by atoms with Gasteiger partial charge in [0, 0.05) is 30.4 Å². The number of amides is 1. The molecule has 1 N–H and O–H groups in total. The molecule has 0 aliphatic carbocycles. The Morgan fingerprint density at radius 2 is 1.91 bits per heavy atom. The molecule has 0 spiro atoms. The minimum absolute atomic E-state index is 0.175. The number of aromatic nitrogens is 3. The molecule has 2 aromatic rings. The first-order chi connectivity index (χ1) is 10.6. The molecule has 2 rings (SSSR count). The van der Waals surface area contributed by atoms with Crippen molar-refractivity contribution in [3.63, 3.8) is 0 Å². The van der Waals surface area contributed by atoms with Crippen LogP contribution < -0.4 is 5.32 Å². The molecule has 0 fully saturated rings. The number of nitrogens with zero attached hydrogens (tertiary/aromatic N) is 3. The molecule has 5 heteroatoms. The smallest absolute Gasteiger partial charge is 0.257 e. The summed E-state index contributed by atoms with van der Waals surface area (Å²) in [4.78, 5) is 25.0. The number of nitrogens with one attached hydrogen (secondary N) is 1. The second-order valence-electron chi connectivity index (χ2n) is 5.11. The first kappa shape index (κ1) is 15.8. The monoisotopic (exact) mass is 296 g/mol. The summed E-state index contributed by atoms with van der Waals surface area (Å²) in [5.74, 6) is 0.389. The zero-order valence-corrected chi connectivity index (χ0v) is 13.1. The molecule has 0 saturated carbocycles. The topological polar surface area (TPSA) is 67.8 Å². The van der Waals surface area contributed by atoms with Gasteiger partial charge in [0.05, 0.1) is 11.3 Å². The highest BCUT2D eigenvalue weighted by Gasteiger charge is 2.11. The Kier molecular flexibility index (Phi) is 5.36. The van der Waals surface area contributed by atoms with Gasteiger partial charge in [-0.1, -0.05) is 19.4 Å². The Bertz CT molecular complexity index is 678. The molecule has 0 aliphatic heterocycles. The van der Waals surface area contributed by atoms with Crippen molar-refractivity contribution in [2.75, 3.05) is 0 Å². The number of unbranched alkanes of at least 4 members (excludes halogenated alkanes) is 1. The average molecular weight is 296 g/mol. The quantitative estimate of drug-likeness (QED) is 0.920. The molecule has 0 bridgehead atoms. The Balaban J connectivity index is 2.23. The van der Waals surface area contributed by atoms with Crippen LogP contribution in [0.2, 0.25) is 0 Å². The van der Waals surface area contributed by atoms with Crippen LogP contribution in [0.25, 0.3) is 11.4 Å². The van der Waals surface area contributed by atoms with E-state index < -0.39 is 0 Å². The van der Waals surface area contributed by atoms with Gasteiger partial charge in [0.15, 0.2) is 5.82 Å². The van der Waals surface area contributed by atoms with Crippen LogP contribution in [0.5, 0.6) is 0 Å². The molecule has 5 nitrogen and oxygen atoms in total. The van der Waals surface area contributed by atoms with Crippen molar-refractivity contribution in [3.8, 4) is 11.4 Å². The number of pyridine rings is 1. The van der Waals surface area contributed by atoms with Crippen LogP contribution in [-0.4, -0.2) is 20.9 Å². The third-order valence-electron chi connectivity index (χ3n) is 3.16. The van der Waals surface area contributed by atoms with Crippen LogP contribution in [0.15, 0.2) is 36.9 Å². The van der Waals surface area contributed by atoms with Gasteiger partial charge in [0.2, 0.25) is 0 Å². The highest BCUT2D eigenvalue weighted by Crippen LogP contribution is 2.17. The van der Waals surface area contributed by atoms with Crippen molar-refractivity contribution < 1.29 is 4.79 Å². The van der Waals surface area contributed by atoms with Crippen LogP contribution in [-0.2, 0) is 0 Å². The molecule has 2 heterocycles. The molecular weight excluding hydrogens is 276 g/mol. The molecule has 2 aromatic heterocycles. The van der Waals surface area contributed by atoms with E-state index in [1.165, 1.54) is 0 Å². The molecule has 0 unspecified atom stereocenters. The predicted molar refractivity (Wildman–Crippen MR) is 86.3 cm³/mol. The van der Waals surface area contributed by atoms with E-state index in [9.17, 15) is 4.79 Å². The van der Waals surface area contributed by atoms with E-state index in [0.29, 0.717) is 17.1 Å². The fourth-order valence-corrected chi connectivity index (χ4v) is 1.89. The van der Waals surface area contributed by atoms with Gasteiger partial charge in [-0.2, -0.15) is 0 Å². The van der Waals surface area contributed by atoms with Crippen LogP contribution >= 0.6 is 0 Å². The van der Waals surface area contributed by atoms with Crippen molar-refractivity contribution in [1.82, 2.24) is 20.3 Å². The van der Waals surface area contributed by atoms with E-state index in [4.69, 9.17) is 0 Å². The summed E-state index contributed by atoms with van der Waals surface area (Å²) in [7, 11) is 0. The van der Waals surface area contributed by atoms with Gasteiger partial charge in [-0.15, -0.1) is 0 Å². The molecule has 22 heavy (non-hydrogen) atoms. The lowest BCUT2D eigenvalue weighted by Crippen LogP contribution is -2.19. The number of allylic oxidation sites excluding steroid dienone is 1. The van der Waals surface area contributed by atoms with Gasteiger partial charge in [-0.25, -0.2) is 9.97 Å². The van der Waals surface area contributed by atoms with Crippen molar-refractivity contribution in [2.45, 2.75) is 33.6 Å². The van der Waals surface area contributed by atoms with Crippen molar-refractivity contribution >= 4 is 5.91 Å². The zero-order chi connectivity index (χ0) is 15.9. The molecule has 1 amide bonds. The molecular formula is C17H20N4O. The summed E-state index contributed by atoms with van der Waals surface area (Å²) >= 11 is 0. The van der Waals surface area contributed by atoms with E-state index >= 15 is 0 Å². The number of carbonyl (C=O) groups is 1. The van der Waals surface area contributed by atoms with Gasteiger partial charge < -0.3 is 5.32 Å². The Morgan fingerprint density at radius 3 is 2.59 bits per heavy atom. The van der Waals surface area contributed by atoms with Gasteiger partial charge in [-0.3, -0.25) is 9.78 Å². The van der Waals surface area contributed by atoms with Crippen molar-refractivity contribution in [3.05, 3.63) is 53.8 Å². The lowest BCUT2D eigenvalue weighted by Gasteiger charge is -2.07. The Morgan fingerprint density at radius 1 is 1.18 bits per heavy atom. The highest BCUT2D eigenvalue weighted by atomic mass is 16.1. The summed E-state index contributed by atoms with van der Waals surface area (Å²) in [6, 6.07) is 1.77. The van der Waals surface area contributed by atoms with Crippen molar-refractivity contribution in [1.29, 1.82) is 0 Å². The minimum atomic E-state index is -0.175. The number of aryl methyl sites for hydroxylation is 2. The Labute approximate surface area is 130 Å². The third-order valence-corrected chi connectivity index (χ3v) is 3.16. The first-order valence-electron chi connectivity index (χ1n) is 7.33. The molecule has 0 radical (unpaired) electrons. The van der Waals surface area contributed by atoms with Gasteiger partial charge >= 0.3 is 0 Å². The highest BCUT2D eigenvalue weighted by molar-refractivity contribution is 5.96. The molecule has 0 saturated heterocycles. The maximum absolute atomic E-state index is 12.2. The van der Waals surface area contributed by atoms with E-state index in [1.807, 2.05) is 19.9 Å². The van der Waals surface area contributed by atoms with Crippen LogP contribution in [0.1, 0.15) is 41.4 Å². The summed E-state index contributed by atoms with van der Waals surface area (Å²) in [6.45, 7) is 5.83. The molecule has 0 aromatic carbocycles. The van der Waals surface area contributed by atoms with Gasteiger partial charge in [0.1, 0.15) is 0 Å². The maximum atomic E-state index is 12.2. The lowest BCUT2D eigenvalue weighted by molar-refractivity contribution is 0.0969. The number of hydrogen-bond donors (Lipinski definition) is 1. The van der Waals surface area contributed by atoms with E-state index in [1.54, 1.807) is 30.9 Å². The normalized spacial score (nSPS) is 10.9. The molecule has 0 atom stereocenters. The molecule has 114 valence electrons. The summed E-state index contributed by atoms with van der Waals surface area (Å²) < 4.78 is 0. The largest absolute Gasteiger partial charge is 0.329 e. The zero-order valence-electron chi connectivity index (χ0n) is 13.1. The van der Waals surface area contributed by atoms with Crippen LogP contribution in [0.3, 0.4) is 0 Å². The standard InChI is InChI=1S/C17H20N4O/c1-4-5-6-7-18-17(22)15-8-14(11-19-13(15)3)16-20-9-12(2)10-21-16/h6-11H,4-5H2,1-3H3,(H,18,22)/b7-6+. The fourth-order valence-electron chi connectivity index (χ4n) is 1.89. The van der Waals surface area contributed by atoms with Crippen LogP contribution in [0.4, 0.5) is 0 Å². The number of rotatable bonds is 5. The van der Waals surface area contributed by atoms with E-state index in [2.05, 4.69) is 27.2 Å². The van der Waals surface area contributed by atoms with Gasteiger partial charge in [0.25, 0.3) is 5.91 Å². The summed E-state index contributed by atoms with van der Waals surface area (Å²) in [5.41, 5.74) is 2.93. The second-order valence-corrected chi connectivity index (χ2v) is 5.11. The first-order valence-corrected chi connectivity index (χ1v) is 7.33. The summed E-state index contributed by atoms with van der Waals surface area (Å²) in [6.07, 6.45) is 10.8. The predicted octanol–water partition coefficient (Wildman–Crippen LogP) is 3.20. The van der Waals surface area contributed by atoms with Crippen molar-refractivity contribution in [2.24, 2.45) is 0 Å². The van der Waals surface area contributed by atoms with Crippen LogP contribution in [0, 0.1) is 13.8 Å².